The van der Waals surface area contributed by atoms with Crippen LogP contribution in [0.3, 0.4) is 0 Å². The zero-order chi connectivity index (χ0) is 20.1. The zero-order valence-corrected chi connectivity index (χ0v) is 15.3. The Kier molecular flexibility index (Phi) is 5.59. The first kappa shape index (κ1) is 19.0. The number of nitrogens with one attached hydrogen (secondary N) is 1. The highest BCUT2D eigenvalue weighted by atomic mass is 16.6. The third-order valence-electron chi connectivity index (χ3n) is 4.00. The maximum absolute atomic E-state index is 12.4. The van der Waals surface area contributed by atoms with Gasteiger partial charge in [0.15, 0.2) is 5.76 Å². The van der Waals surface area contributed by atoms with E-state index in [9.17, 15) is 14.9 Å². The number of furan rings is 1. The van der Waals surface area contributed by atoms with Crippen LogP contribution in [-0.4, -0.2) is 17.9 Å². The second-order valence-corrected chi connectivity index (χ2v) is 5.91. The molecule has 1 N–H and O–H groups in total. The van der Waals surface area contributed by atoms with E-state index in [0.717, 1.165) is 11.3 Å². The Bertz CT molecular complexity index is 1010. The molecule has 0 atom stereocenters. The van der Waals surface area contributed by atoms with Gasteiger partial charge in [-0.15, -0.1) is 0 Å². The molecule has 0 unspecified atom stereocenters. The first-order valence-electron chi connectivity index (χ1n) is 8.39. The maximum atomic E-state index is 12.4. The summed E-state index contributed by atoms with van der Waals surface area (Å²) in [7, 11) is 1.40. The minimum atomic E-state index is -0.601. The number of nitro benzene ring substituents is 1. The molecule has 3 aromatic rings. The van der Waals surface area contributed by atoms with Crippen LogP contribution < -0.4 is 14.8 Å². The Labute approximate surface area is 160 Å². The predicted molar refractivity (Wildman–Crippen MR) is 102 cm³/mol. The summed E-state index contributed by atoms with van der Waals surface area (Å²) in [6, 6.07) is 14.8. The average Bonchev–Trinajstić information content (AvgIpc) is 3.16. The molecule has 0 aliphatic heterocycles. The molecule has 1 amide bonds. The molecule has 28 heavy (non-hydrogen) atoms. The molecular formula is C20H18N2O6. The first-order chi connectivity index (χ1) is 13.5. The molecule has 0 aliphatic rings. The van der Waals surface area contributed by atoms with Crippen LogP contribution >= 0.6 is 0 Å². The van der Waals surface area contributed by atoms with Crippen molar-refractivity contribution < 1.29 is 23.6 Å². The maximum Gasteiger partial charge on any atom is 0.296 e. The summed E-state index contributed by atoms with van der Waals surface area (Å²) in [4.78, 5) is 23.0. The Balaban J connectivity index is 1.69. The topological polar surface area (TPSA) is 104 Å². The van der Waals surface area contributed by atoms with Crippen LogP contribution in [0.25, 0.3) is 0 Å². The van der Waals surface area contributed by atoms with Gasteiger partial charge in [0.2, 0.25) is 0 Å². The molecular weight excluding hydrogens is 364 g/mol. The van der Waals surface area contributed by atoms with Gasteiger partial charge in [0.1, 0.15) is 29.6 Å². The van der Waals surface area contributed by atoms with Crippen molar-refractivity contribution in [3.63, 3.8) is 0 Å². The average molecular weight is 382 g/mol. The Morgan fingerprint density at radius 2 is 1.96 bits per heavy atom. The highest BCUT2D eigenvalue weighted by molar-refractivity contribution is 6.03. The number of rotatable bonds is 7. The van der Waals surface area contributed by atoms with Crippen LogP contribution in [0.1, 0.15) is 21.9 Å². The summed E-state index contributed by atoms with van der Waals surface area (Å²) in [5, 5.41) is 13.7. The molecule has 8 nitrogen and oxygen atoms in total. The van der Waals surface area contributed by atoms with Gasteiger partial charge in [-0.3, -0.25) is 14.9 Å². The first-order valence-corrected chi connectivity index (χ1v) is 8.39. The van der Waals surface area contributed by atoms with Crippen molar-refractivity contribution >= 4 is 17.3 Å². The Morgan fingerprint density at radius 3 is 2.68 bits per heavy atom. The fourth-order valence-electron chi connectivity index (χ4n) is 2.52. The van der Waals surface area contributed by atoms with Crippen LogP contribution in [0.2, 0.25) is 0 Å². The van der Waals surface area contributed by atoms with Gasteiger partial charge in [-0.05, 0) is 42.8 Å². The largest absolute Gasteiger partial charge is 0.496 e. The number of benzene rings is 2. The van der Waals surface area contributed by atoms with Crippen LogP contribution in [-0.2, 0) is 6.61 Å². The molecule has 1 aromatic heterocycles. The molecule has 144 valence electrons. The number of ether oxygens (including phenoxy) is 2. The van der Waals surface area contributed by atoms with Crippen molar-refractivity contribution in [3.05, 3.63) is 81.8 Å². The lowest BCUT2D eigenvalue weighted by molar-refractivity contribution is -0.384. The molecule has 0 aliphatic carbocycles. The molecule has 3 rings (SSSR count). The van der Waals surface area contributed by atoms with E-state index in [-0.39, 0.29) is 23.7 Å². The highest BCUT2D eigenvalue weighted by Crippen LogP contribution is 2.29. The summed E-state index contributed by atoms with van der Waals surface area (Å²) in [5.74, 6) is 0.915. The van der Waals surface area contributed by atoms with E-state index in [2.05, 4.69) is 5.32 Å². The minimum Gasteiger partial charge on any atom is -0.496 e. The van der Waals surface area contributed by atoms with Crippen LogP contribution in [0, 0.1) is 17.0 Å². The molecule has 0 bridgehead atoms. The van der Waals surface area contributed by atoms with E-state index in [1.165, 1.54) is 31.4 Å². The van der Waals surface area contributed by atoms with Crippen molar-refractivity contribution in [2.45, 2.75) is 13.5 Å². The molecule has 2 aromatic carbocycles. The Hall–Kier alpha value is -3.81. The summed E-state index contributed by atoms with van der Waals surface area (Å²) in [6.07, 6.45) is 0. The van der Waals surface area contributed by atoms with Gasteiger partial charge >= 0.3 is 0 Å². The minimum absolute atomic E-state index is 0.0218. The van der Waals surface area contributed by atoms with Crippen molar-refractivity contribution in [1.29, 1.82) is 0 Å². The second-order valence-electron chi connectivity index (χ2n) is 5.91. The van der Waals surface area contributed by atoms with E-state index in [1.54, 1.807) is 6.07 Å². The fourth-order valence-corrected chi connectivity index (χ4v) is 2.52. The van der Waals surface area contributed by atoms with Gasteiger partial charge in [0.05, 0.1) is 18.1 Å². The van der Waals surface area contributed by atoms with Gasteiger partial charge in [0, 0.05) is 0 Å². The number of methoxy groups -OCH3 is 1. The van der Waals surface area contributed by atoms with Crippen LogP contribution in [0.4, 0.5) is 11.4 Å². The van der Waals surface area contributed by atoms with E-state index in [0.29, 0.717) is 11.5 Å². The fraction of sp³-hybridized carbons (Fsp3) is 0.150. The normalized spacial score (nSPS) is 10.4. The lowest BCUT2D eigenvalue weighted by atomic mass is 10.2. The monoisotopic (exact) mass is 382 g/mol. The number of nitro groups is 1. The quantitative estimate of drug-likeness (QED) is 0.482. The molecule has 8 heteroatoms. The number of hydrogen-bond donors (Lipinski definition) is 1. The van der Waals surface area contributed by atoms with E-state index < -0.39 is 10.8 Å². The van der Waals surface area contributed by atoms with Crippen molar-refractivity contribution in [2.75, 3.05) is 12.4 Å². The predicted octanol–water partition coefficient (Wildman–Crippen LogP) is 4.34. The molecule has 0 radical (unpaired) electrons. The van der Waals surface area contributed by atoms with Gasteiger partial charge < -0.3 is 19.2 Å². The number of carbonyl (C=O) groups is 1. The van der Waals surface area contributed by atoms with E-state index in [1.807, 2.05) is 31.2 Å². The van der Waals surface area contributed by atoms with Crippen LogP contribution in [0.15, 0.2) is 59.0 Å². The number of carbonyl (C=O) groups excluding carboxylic acids is 1. The zero-order valence-electron chi connectivity index (χ0n) is 15.3. The Morgan fingerprint density at radius 1 is 1.18 bits per heavy atom. The van der Waals surface area contributed by atoms with Gasteiger partial charge in [-0.25, -0.2) is 0 Å². The smallest absolute Gasteiger partial charge is 0.296 e. The lowest BCUT2D eigenvalue weighted by Crippen LogP contribution is -2.12. The van der Waals surface area contributed by atoms with Crippen molar-refractivity contribution in [2.24, 2.45) is 0 Å². The van der Waals surface area contributed by atoms with Crippen LogP contribution in [0.5, 0.6) is 11.5 Å². The van der Waals surface area contributed by atoms with Crippen molar-refractivity contribution in [3.8, 4) is 11.5 Å². The second kappa shape index (κ2) is 8.26. The number of para-hydroxylation sites is 1. The lowest BCUT2D eigenvalue weighted by Gasteiger charge is -2.07. The van der Waals surface area contributed by atoms with Gasteiger partial charge in [-0.1, -0.05) is 18.2 Å². The van der Waals surface area contributed by atoms with E-state index in [4.69, 9.17) is 13.9 Å². The number of anilines is 1. The number of aryl methyl sites for hydroxylation is 1. The number of nitrogens with zero attached hydrogens (tertiary/aromatic N) is 1. The number of amides is 1. The summed E-state index contributed by atoms with van der Waals surface area (Å²) >= 11 is 0. The van der Waals surface area contributed by atoms with Gasteiger partial charge in [0.25, 0.3) is 11.6 Å². The van der Waals surface area contributed by atoms with Gasteiger partial charge in [-0.2, -0.15) is 0 Å². The summed E-state index contributed by atoms with van der Waals surface area (Å²) in [5.41, 5.74) is 0.756. The molecule has 0 fully saturated rings. The number of hydrogen-bond acceptors (Lipinski definition) is 6. The SMILES string of the molecule is COc1ccc(NC(=O)c2ccc(COc3ccccc3C)o2)c([N+](=O)[O-])c1. The highest BCUT2D eigenvalue weighted by Gasteiger charge is 2.19. The van der Waals surface area contributed by atoms with E-state index >= 15 is 0 Å². The molecule has 0 saturated heterocycles. The third kappa shape index (κ3) is 4.29. The third-order valence-corrected chi connectivity index (χ3v) is 4.00. The molecule has 1 heterocycles. The summed E-state index contributed by atoms with van der Waals surface area (Å²) < 4.78 is 16.1. The molecule has 0 spiro atoms. The summed E-state index contributed by atoms with van der Waals surface area (Å²) in [6.45, 7) is 2.08. The standard InChI is InChI=1S/C20H18N2O6/c1-13-5-3-4-6-18(13)27-12-15-8-10-19(28-15)20(23)21-16-9-7-14(26-2)11-17(16)22(24)25/h3-11H,12H2,1-2H3,(H,21,23). The molecule has 0 saturated carbocycles. The van der Waals surface area contributed by atoms with Crippen molar-refractivity contribution in [1.82, 2.24) is 0 Å².